The van der Waals surface area contributed by atoms with Gasteiger partial charge in [-0.2, -0.15) is 4.98 Å². The van der Waals surface area contributed by atoms with Gasteiger partial charge >= 0.3 is 5.69 Å². The Morgan fingerprint density at radius 3 is 2.41 bits per heavy atom. The Balaban J connectivity index is 2.15. The summed E-state index contributed by atoms with van der Waals surface area (Å²) in [6.45, 7) is 1.96. The molecule has 0 fully saturated rings. The van der Waals surface area contributed by atoms with Crippen LogP contribution in [0, 0.1) is 0 Å². The van der Waals surface area contributed by atoms with Crippen LogP contribution in [0.5, 0.6) is 0 Å². The van der Waals surface area contributed by atoms with Crippen LogP contribution in [-0.2, 0) is 20.6 Å². The highest BCUT2D eigenvalue weighted by Crippen LogP contribution is 2.19. The number of fused-ring (bicyclic) bond motifs is 1. The largest absolute Gasteiger partial charge is 0.354 e. The summed E-state index contributed by atoms with van der Waals surface area (Å²) in [4.78, 5) is 31.7. The van der Waals surface area contributed by atoms with Crippen molar-refractivity contribution in [1.82, 2.24) is 23.6 Å². The molecule has 1 N–H and O–H groups in total. The van der Waals surface area contributed by atoms with Gasteiger partial charge in [0, 0.05) is 31.7 Å². The molecular formula is C18H23BrN6O2. The normalized spacial score (nSPS) is 11.5. The highest BCUT2D eigenvalue weighted by atomic mass is 79.9. The molecule has 0 aliphatic carbocycles. The Morgan fingerprint density at radius 2 is 1.78 bits per heavy atom. The Hall–Kier alpha value is -2.39. The summed E-state index contributed by atoms with van der Waals surface area (Å²) in [6, 6.07) is 7.90. The second-order valence-electron chi connectivity index (χ2n) is 6.76. The average molecular weight is 435 g/mol. The fraction of sp³-hybridized carbons (Fsp3) is 0.389. The third-order valence-electron chi connectivity index (χ3n) is 4.44. The van der Waals surface area contributed by atoms with Crippen molar-refractivity contribution in [2.24, 2.45) is 14.1 Å². The van der Waals surface area contributed by atoms with E-state index in [9.17, 15) is 9.59 Å². The van der Waals surface area contributed by atoms with E-state index >= 15 is 0 Å². The number of hydrogen-bond acceptors (Lipinski definition) is 5. The lowest BCUT2D eigenvalue weighted by Gasteiger charge is -2.13. The fourth-order valence-corrected chi connectivity index (χ4v) is 3.16. The molecule has 2 heterocycles. The number of imidazole rings is 1. The molecule has 2 aromatic heterocycles. The summed E-state index contributed by atoms with van der Waals surface area (Å²) in [6.07, 6.45) is 0. The summed E-state index contributed by atoms with van der Waals surface area (Å²) in [5, 5.41) is 3.30. The van der Waals surface area contributed by atoms with Crippen LogP contribution in [0.4, 0.5) is 5.95 Å². The number of nitrogens with zero attached hydrogens (tertiary/aromatic N) is 5. The van der Waals surface area contributed by atoms with Gasteiger partial charge in [-0.05, 0) is 31.8 Å². The first-order valence-electron chi connectivity index (χ1n) is 8.59. The Labute approximate surface area is 165 Å². The summed E-state index contributed by atoms with van der Waals surface area (Å²) in [5.74, 6) is 0.577. The van der Waals surface area contributed by atoms with Crippen LogP contribution in [0.2, 0.25) is 0 Å². The third kappa shape index (κ3) is 3.84. The first-order valence-corrected chi connectivity index (χ1v) is 9.38. The third-order valence-corrected chi connectivity index (χ3v) is 4.97. The molecule has 0 aliphatic heterocycles. The van der Waals surface area contributed by atoms with Crippen LogP contribution in [0.25, 0.3) is 11.2 Å². The number of likely N-dealkylation sites (N-methyl/N-ethyl adjacent to an activating group) is 1. The van der Waals surface area contributed by atoms with Crippen molar-refractivity contribution in [3.63, 3.8) is 0 Å². The highest BCUT2D eigenvalue weighted by molar-refractivity contribution is 9.10. The van der Waals surface area contributed by atoms with Crippen molar-refractivity contribution in [3.05, 3.63) is 55.1 Å². The number of rotatable bonds is 6. The van der Waals surface area contributed by atoms with E-state index in [4.69, 9.17) is 0 Å². The lowest BCUT2D eigenvalue weighted by molar-refractivity contribution is 0.424. The van der Waals surface area contributed by atoms with Gasteiger partial charge in [-0.3, -0.25) is 18.5 Å². The van der Waals surface area contributed by atoms with E-state index in [2.05, 4.69) is 31.1 Å². The van der Waals surface area contributed by atoms with E-state index in [0.717, 1.165) is 21.1 Å². The molecule has 0 atom stereocenters. The minimum atomic E-state index is -0.388. The quantitative estimate of drug-likeness (QED) is 0.630. The maximum Gasteiger partial charge on any atom is 0.332 e. The minimum Gasteiger partial charge on any atom is -0.354 e. The molecule has 0 amide bonds. The predicted octanol–water partition coefficient (Wildman–Crippen LogP) is 1.22. The van der Waals surface area contributed by atoms with Crippen molar-refractivity contribution in [2.75, 3.05) is 32.5 Å². The van der Waals surface area contributed by atoms with E-state index in [1.807, 2.05) is 42.9 Å². The Bertz CT molecular complexity index is 1080. The van der Waals surface area contributed by atoms with Crippen LogP contribution >= 0.6 is 15.9 Å². The lowest BCUT2D eigenvalue weighted by Crippen LogP contribution is -2.37. The smallest absolute Gasteiger partial charge is 0.332 e. The maximum atomic E-state index is 12.8. The summed E-state index contributed by atoms with van der Waals surface area (Å²) < 4.78 is 5.36. The molecule has 0 unspecified atom stereocenters. The zero-order valence-electron chi connectivity index (χ0n) is 15.9. The molecule has 1 aromatic carbocycles. The van der Waals surface area contributed by atoms with Gasteiger partial charge < -0.3 is 10.2 Å². The van der Waals surface area contributed by atoms with Crippen LogP contribution < -0.4 is 16.6 Å². The molecule has 27 heavy (non-hydrogen) atoms. The van der Waals surface area contributed by atoms with Gasteiger partial charge in [-0.1, -0.05) is 28.1 Å². The number of halogens is 1. The van der Waals surface area contributed by atoms with Gasteiger partial charge in [0.1, 0.15) is 0 Å². The topological polar surface area (TPSA) is 77.1 Å². The van der Waals surface area contributed by atoms with Crippen molar-refractivity contribution >= 4 is 33.0 Å². The van der Waals surface area contributed by atoms with E-state index in [1.165, 1.54) is 11.6 Å². The monoisotopic (exact) mass is 434 g/mol. The molecule has 8 nitrogen and oxygen atoms in total. The molecule has 0 spiro atoms. The van der Waals surface area contributed by atoms with E-state index in [0.29, 0.717) is 30.2 Å². The van der Waals surface area contributed by atoms with Crippen LogP contribution in [0.3, 0.4) is 0 Å². The molecule has 3 aromatic rings. The number of nitrogens with one attached hydrogen (secondary N) is 1. The zero-order valence-corrected chi connectivity index (χ0v) is 17.4. The zero-order chi connectivity index (χ0) is 19.7. The first kappa shape index (κ1) is 19.4. The summed E-state index contributed by atoms with van der Waals surface area (Å²) in [5.41, 5.74) is 1.09. The van der Waals surface area contributed by atoms with Gasteiger partial charge in [0.15, 0.2) is 11.2 Å². The molecule has 0 bridgehead atoms. The Morgan fingerprint density at radius 1 is 1.11 bits per heavy atom. The molecule has 9 heteroatoms. The van der Waals surface area contributed by atoms with Crippen LogP contribution in [-0.4, -0.2) is 50.8 Å². The molecule has 0 saturated carbocycles. The summed E-state index contributed by atoms with van der Waals surface area (Å²) in [7, 11) is 7.10. The van der Waals surface area contributed by atoms with Crippen LogP contribution in [0.1, 0.15) is 5.56 Å². The average Bonchev–Trinajstić information content (AvgIpc) is 2.98. The Kier molecular flexibility index (Phi) is 5.52. The van der Waals surface area contributed by atoms with E-state index in [1.54, 1.807) is 7.05 Å². The van der Waals surface area contributed by atoms with Crippen molar-refractivity contribution in [2.45, 2.75) is 6.54 Å². The molecule has 0 saturated heterocycles. The second-order valence-corrected chi connectivity index (χ2v) is 7.67. The minimum absolute atomic E-state index is 0.349. The lowest BCUT2D eigenvalue weighted by atomic mass is 10.2. The summed E-state index contributed by atoms with van der Waals surface area (Å²) >= 11 is 3.44. The van der Waals surface area contributed by atoms with E-state index < -0.39 is 0 Å². The number of aryl methyl sites for hydroxylation is 1. The standard InChI is InChI=1S/C18H23BrN6O2/c1-22(2)10-9-20-17-21-15-14(16(26)24(4)18(27)23(15)3)25(17)11-12-5-7-13(19)8-6-12/h5-8H,9-11H2,1-4H3,(H,20,21). The highest BCUT2D eigenvalue weighted by Gasteiger charge is 2.19. The van der Waals surface area contributed by atoms with Crippen molar-refractivity contribution in [1.29, 1.82) is 0 Å². The number of aromatic nitrogens is 4. The predicted molar refractivity (Wildman–Crippen MR) is 111 cm³/mol. The van der Waals surface area contributed by atoms with Gasteiger partial charge in [0.05, 0.1) is 6.54 Å². The SMILES string of the molecule is CN(C)CCNc1nc2c(c(=O)n(C)c(=O)n2C)n1Cc1ccc(Br)cc1. The fourth-order valence-electron chi connectivity index (χ4n) is 2.90. The van der Waals surface area contributed by atoms with Gasteiger partial charge in [-0.15, -0.1) is 0 Å². The van der Waals surface area contributed by atoms with Gasteiger partial charge in [-0.25, -0.2) is 4.79 Å². The number of anilines is 1. The molecular weight excluding hydrogens is 412 g/mol. The van der Waals surface area contributed by atoms with Crippen molar-refractivity contribution < 1.29 is 0 Å². The second kappa shape index (κ2) is 7.69. The van der Waals surface area contributed by atoms with Gasteiger partial charge in [0.2, 0.25) is 5.95 Å². The molecule has 0 radical (unpaired) electrons. The molecule has 144 valence electrons. The maximum absolute atomic E-state index is 12.8. The first-order chi connectivity index (χ1) is 12.8. The van der Waals surface area contributed by atoms with Crippen LogP contribution in [0.15, 0.2) is 38.3 Å². The molecule has 0 aliphatic rings. The number of hydrogen-bond donors (Lipinski definition) is 1. The molecule has 3 rings (SSSR count). The van der Waals surface area contributed by atoms with E-state index in [-0.39, 0.29) is 11.2 Å². The number of benzene rings is 1. The van der Waals surface area contributed by atoms with Gasteiger partial charge in [0.25, 0.3) is 5.56 Å². The van der Waals surface area contributed by atoms with Crippen molar-refractivity contribution in [3.8, 4) is 0 Å².